The first kappa shape index (κ1) is 15.6. The van der Waals surface area contributed by atoms with Gasteiger partial charge in [0.25, 0.3) is 5.91 Å². The Morgan fingerprint density at radius 2 is 2.05 bits per heavy atom. The quantitative estimate of drug-likeness (QED) is 0.725. The number of amides is 4. The van der Waals surface area contributed by atoms with Gasteiger partial charge >= 0.3 is 6.03 Å². The highest BCUT2D eigenvalue weighted by Crippen LogP contribution is 2.33. The number of hydrogen-bond donors (Lipinski definition) is 1. The highest BCUT2D eigenvalue weighted by atomic mass is 32.2. The molecule has 4 amide bonds. The minimum absolute atomic E-state index is 0.0339. The largest absolute Gasteiger partial charge is 0.372 e. The molecule has 0 aromatic heterocycles. The van der Waals surface area contributed by atoms with Crippen LogP contribution >= 0.6 is 11.8 Å². The molecule has 3 heterocycles. The molecular formula is C14H21N3O4S. The molecular weight excluding hydrogens is 306 g/mol. The fourth-order valence-electron chi connectivity index (χ4n) is 3.27. The van der Waals surface area contributed by atoms with Crippen molar-refractivity contribution >= 4 is 29.6 Å². The van der Waals surface area contributed by atoms with E-state index >= 15 is 0 Å². The van der Waals surface area contributed by atoms with Crippen molar-refractivity contribution in [2.75, 3.05) is 31.1 Å². The second-order valence-electron chi connectivity index (χ2n) is 6.26. The molecule has 3 fully saturated rings. The van der Waals surface area contributed by atoms with Crippen LogP contribution < -0.4 is 5.32 Å². The van der Waals surface area contributed by atoms with Crippen LogP contribution in [0.25, 0.3) is 0 Å². The maximum Gasteiger partial charge on any atom is 0.325 e. The first-order chi connectivity index (χ1) is 10.4. The van der Waals surface area contributed by atoms with Crippen LogP contribution in [0.5, 0.6) is 0 Å². The lowest BCUT2D eigenvalue weighted by molar-refractivity contribution is -0.146. The van der Waals surface area contributed by atoms with Gasteiger partial charge in [0.05, 0.1) is 12.2 Å². The van der Waals surface area contributed by atoms with Gasteiger partial charge in [0, 0.05) is 18.8 Å². The van der Waals surface area contributed by atoms with Crippen molar-refractivity contribution < 1.29 is 19.1 Å². The fraction of sp³-hybridized carbons (Fsp3) is 0.786. The highest BCUT2D eigenvalue weighted by Gasteiger charge is 2.53. The predicted octanol–water partition coefficient (Wildman–Crippen LogP) is 0.0497. The molecule has 7 nitrogen and oxygen atoms in total. The summed E-state index contributed by atoms with van der Waals surface area (Å²) >= 11 is 1.65. The normalized spacial score (nSPS) is 35.4. The maximum absolute atomic E-state index is 12.5. The van der Waals surface area contributed by atoms with E-state index in [9.17, 15) is 14.4 Å². The third-order valence-electron chi connectivity index (χ3n) is 4.33. The Labute approximate surface area is 133 Å². The monoisotopic (exact) mass is 327 g/mol. The number of nitrogens with zero attached hydrogens (tertiary/aromatic N) is 2. The van der Waals surface area contributed by atoms with Crippen LogP contribution in [0.2, 0.25) is 0 Å². The van der Waals surface area contributed by atoms with Crippen LogP contribution in [0, 0.1) is 0 Å². The molecule has 1 N–H and O–H groups in total. The molecule has 3 aliphatic heterocycles. The molecule has 3 rings (SSSR count). The Kier molecular flexibility index (Phi) is 4.07. The number of nitrogens with one attached hydrogen (secondary N) is 1. The predicted molar refractivity (Wildman–Crippen MR) is 81.5 cm³/mol. The number of urea groups is 1. The third kappa shape index (κ3) is 2.69. The molecule has 0 aliphatic carbocycles. The van der Waals surface area contributed by atoms with E-state index in [0.29, 0.717) is 25.3 Å². The van der Waals surface area contributed by atoms with E-state index < -0.39 is 11.6 Å². The number of carbonyl (C=O) groups excluding carboxylic acids is 3. The Balaban J connectivity index is 1.66. The van der Waals surface area contributed by atoms with Crippen molar-refractivity contribution in [3.8, 4) is 0 Å². The molecule has 0 radical (unpaired) electrons. The van der Waals surface area contributed by atoms with Crippen molar-refractivity contribution in [2.24, 2.45) is 0 Å². The zero-order valence-corrected chi connectivity index (χ0v) is 13.6. The van der Waals surface area contributed by atoms with E-state index in [1.807, 2.05) is 13.8 Å². The molecule has 1 spiro atoms. The Hall–Kier alpha value is -1.28. The van der Waals surface area contributed by atoms with Crippen LogP contribution in [0.4, 0.5) is 4.79 Å². The molecule has 0 bridgehead atoms. The topological polar surface area (TPSA) is 79.0 Å². The summed E-state index contributed by atoms with van der Waals surface area (Å²) in [6.45, 7) is 4.63. The second-order valence-corrected chi connectivity index (χ2v) is 7.37. The van der Waals surface area contributed by atoms with Gasteiger partial charge in [0.1, 0.15) is 12.1 Å². The maximum atomic E-state index is 12.5. The van der Waals surface area contributed by atoms with Gasteiger partial charge in [-0.25, -0.2) is 4.79 Å². The standard InChI is InChI=1S/C14H21N3O4S/c1-9-5-16(6-10(2)21-9)11(18)7-17-12(19)14(15-13(17)20)3-4-22-8-14/h9-10H,3-8H2,1-2H3,(H,15,20)/t9-,10-,14-/m1/s1. The molecule has 8 heteroatoms. The summed E-state index contributed by atoms with van der Waals surface area (Å²) in [4.78, 5) is 39.8. The number of thioether (sulfide) groups is 1. The molecule has 3 saturated heterocycles. The number of hydrogen-bond acceptors (Lipinski definition) is 5. The Morgan fingerprint density at radius 3 is 2.64 bits per heavy atom. The lowest BCUT2D eigenvalue weighted by atomic mass is 9.99. The number of imide groups is 1. The molecule has 3 aliphatic rings. The molecule has 22 heavy (non-hydrogen) atoms. The molecule has 122 valence electrons. The van der Waals surface area contributed by atoms with Crippen molar-refractivity contribution in [1.82, 2.24) is 15.1 Å². The van der Waals surface area contributed by atoms with Gasteiger partial charge < -0.3 is 15.0 Å². The first-order valence-corrected chi connectivity index (χ1v) is 8.72. The zero-order chi connectivity index (χ0) is 15.9. The van der Waals surface area contributed by atoms with Gasteiger partial charge in [-0.3, -0.25) is 14.5 Å². The van der Waals surface area contributed by atoms with E-state index in [0.717, 1.165) is 10.7 Å². The van der Waals surface area contributed by atoms with Crippen molar-refractivity contribution in [3.63, 3.8) is 0 Å². The van der Waals surface area contributed by atoms with Gasteiger partial charge in [0.15, 0.2) is 0 Å². The van der Waals surface area contributed by atoms with Gasteiger partial charge in [-0.15, -0.1) is 0 Å². The molecule has 0 aromatic rings. The summed E-state index contributed by atoms with van der Waals surface area (Å²) in [6, 6.07) is -0.449. The zero-order valence-electron chi connectivity index (χ0n) is 12.8. The van der Waals surface area contributed by atoms with Gasteiger partial charge in [0.2, 0.25) is 5.91 Å². The fourth-order valence-corrected chi connectivity index (χ4v) is 4.59. The number of morpholine rings is 1. The van der Waals surface area contributed by atoms with Crippen molar-refractivity contribution in [1.29, 1.82) is 0 Å². The van der Waals surface area contributed by atoms with E-state index in [1.165, 1.54) is 0 Å². The van der Waals surface area contributed by atoms with E-state index in [4.69, 9.17) is 4.74 Å². The number of rotatable bonds is 2. The Morgan fingerprint density at radius 1 is 1.36 bits per heavy atom. The lowest BCUT2D eigenvalue weighted by Crippen LogP contribution is -2.52. The minimum Gasteiger partial charge on any atom is -0.372 e. The van der Waals surface area contributed by atoms with Crippen molar-refractivity contribution in [3.05, 3.63) is 0 Å². The lowest BCUT2D eigenvalue weighted by Gasteiger charge is -2.35. The molecule has 0 unspecified atom stereocenters. The number of ether oxygens (including phenoxy) is 1. The summed E-state index contributed by atoms with van der Waals surface area (Å²) in [5, 5.41) is 2.78. The second kappa shape index (κ2) is 5.73. The summed E-state index contributed by atoms with van der Waals surface area (Å²) < 4.78 is 5.60. The molecule has 3 atom stereocenters. The average Bonchev–Trinajstić information content (AvgIpc) is 2.99. The highest BCUT2D eigenvalue weighted by molar-refractivity contribution is 7.99. The molecule has 0 saturated carbocycles. The summed E-state index contributed by atoms with van der Waals surface area (Å²) in [5.74, 6) is 0.985. The van der Waals surface area contributed by atoms with E-state index in [1.54, 1.807) is 16.7 Å². The first-order valence-electron chi connectivity index (χ1n) is 7.56. The summed E-state index contributed by atoms with van der Waals surface area (Å²) in [7, 11) is 0. The van der Waals surface area contributed by atoms with Crippen LogP contribution in [-0.2, 0) is 14.3 Å². The number of carbonyl (C=O) groups is 3. The third-order valence-corrected chi connectivity index (χ3v) is 5.52. The summed E-state index contributed by atoms with van der Waals surface area (Å²) in [5.41, 5.74) is -0.784. The van der Waals surface area contributed by atoms with Crippen molar-refractivity contribution in [2.45, 2.75) is 38.0 Å². The summed E-state index contributed by atoms with van der Waals surface area (Å²) in [6.07, 6.45) is 0.570. The SMILES string of the molecule is C[C@@H]1CN(C(=O)CN2C(=O)N[C@@]3(CCSC3)C2=O)C[C@@H](C)O1. The van der Waals surface area contributed by atoms with Crippen LogP contribution in [0.1, 0.15) is 20.3 Å². The molecule has 0 aromatic carbocycles. The van der Waals surface area contributed by atoms with Crippen LogP contribution in [0.15, 0.2) is 0 Å². The van der Waals surface area contributed by atoms with Gasteiger partial charge in [-0.2, -0.15) is 11.8 Å². The van der Waals surface area contributed by atoms with Crippen LogP contribution in [0.3, 0.4) is 0 Å². The van der Waals surface area contributed by atoms with Gasteiger partial charge in [-0.05, 0) is 26.0 Å². The van der Waals surface area contributed by atoms with E-state index in [2.05, 4.69) is 5.32 Å². The minimum atomic E-state index is -0.784. The van der Waals surface area contributed by atoms with Gasteiger partial charge in [-0.1, -0.05) is 0 Å². The Bertz CT molecular complexity index is 496. The van der Waals surface area contributed by atoms with E-state index in [-0.39, 0.29) is 30.6 Å². The van der Waals surface area contributed by atoms with Crippen LogP contribution in [-0.4, -0.2) is 76.5 Å². The smallest absolute Gasteiger partial charge is 0.325 e. The average molecular weight is 327 g/mol.